The van der Waals surface area contributed by atoms with E-state index in [9.17, 15) is 15.2 Å². The van der Waals surface area contributed by atoms with E-state index >= 15 is 0 Å². The highest BCUT2D eigenvalue weighted by Gasteiger charge is 2.21. The van der Waals surface area contributed by atoms with Crippen LogP contribution in [0, 0.1) is 17.0 Å². The maximum Gasteiger partial charge on any atom is 0.315 e. The molecule has 0 atom stereocenters. The highest BCUT2D eigenvalue weighted by molar-refractivity contribution is 5.81. The number of benzene rings is 2. The Morgan fingerprint density at radius 2 is 2.09 bits per heavy atom. The van der Waals surface area contributed by atoms with Gasteiger partial charge in [0.25, 0.3) is 0 Å². The van der Waals surface area contributed by atoms with E-state index in [4.69, 9.17) is 4.74 Å². The smallest absolute Gasteiger partial charge is 0.315 e. The van der Waals surface area contributed by atoms with Crippen LogP contribution in [0.15, 0.2) is 30.3 Å². The van der Waals surface area contributed by atoms with E-state index in [2.05, 4.69) is 9.97 Å². The lowest BCUT2D eigenvalue weighted by molar-refractivity contribution is -0.385. The third-order valence-corrected chi connectivity index (χ3v) is 3.38. The highest BCUT2D eigenvalue weighted by atomic mass is 16.6. The number of phenols is 1. The summed E-state index contributed by atoms with van der Waals surface area (Å²) in [4.78, 5) is 17.9. The van der Waals surface area contributed by atoms with Crippen LogP contribution < -0.4 is 4.74 Å². The second-order valence-electron chi connectivity index (χ2n) is 4.91. The van der Waals surface area contributed by atoms with Crippen LogP contribution in [0.4, 0.5) is 5.69 Å². The summed E-state index contributed by atoms with van der Waals surface area (Å²) in [6.07, 6.45) is 0. The first-order valence-electron chi connectivity index (χ1n) is 6.51. The number of aromatic nitrogens is 2. The predicted octanol–water partition coefficient (Wildman–Crippen LogP) is 3.16. The number of nitrogens with one attached hydrogen (secondary N) is 1. The second-order valence-corrected chi connectivity index (χ2v) is 4.91. The molecule has 0 aliphatic heterocycles. The lowest BCUT2D eigenvalue weighted by Gasteiger charge is -2.06. The van der Waals surface area contributed by atoms with Crippen molar-refractivity contribution < 1.29 is 14.8 Å². The van der Waals surface area contributed by atoms with Crippen molar-refractivity contribution in [2.24, 2.45) is 0 Å². The zero-order valence-corrected chi connectivity index (χ0v) is 12.0. The minimum Gasteiger partial charge on any atom is -0.500 e. The van der Waals surface area contributed by atoms with Gasteiger partial charge in [0.05, 0.1) is 23.1 Å². The topological polar surface area (TPSA) is 101 Å². The van der Waals surface area contributed by atoms with Crippen LogP contribution in [0.25, 0.3) is 22.4 Å². The molecule has 0 radical (unpaired) electrons. The molecule has 0 spiro atoms. The summed E-state index contributed by atoms with van der Waals surface area (Å²) in [5.74, 6) is 0.00559. The number of fused-ring (bicyclic) bond motifs is 1. The lowest BCUT2D eigenvalue weighted by Crippen LogP contribution is -1.94. The number of ether oxygens (including phenoxy) is 1. The summed E-state index contributed by atoms with van der Waals surface area (Å²) in [7, 11) is 1.34. The van der Waals surface area contributed by atoms with Crippen molar-refractivity contribution in [3.05, 3.63) is 46.0 Å². The fourth-order valence-corrected chi connectivity index (χ4v) is 2.28. The summed E-state index contributed by atoms with van der Waals surface area (Å²) < 4.78 is 5.00. The standard InChI is InChI=1S/C15H13N3O4/c1-8-3-4-10-11(5-8)17-15(16-10)9-6-12(18(20)21)14(19)13(7-9)22-2/h3-7,19H,1-2H3,(H,16,17). The van der Waals surface area contributed by atoms with Crippen LogP contribution in [0.3, 0.4) is 0 Å². The Morgan fingerprint density at radius 1 is 1.32 bits per heavy atom. The van der Waals surface area contributed by atoms with Gasteiger partial charge < -0.3 is 14.8 Å². The monoisotopic (exact) mass is 299 g/mol. The van der Waals surface area contributed by atoms with Gasteiger partial charge in [-0.15, -0.1) is 0 Å². The molecule has 3 aromatic rings. The van der Waals surface area contributed by atoms with Gasteiger partial charge in [0, 0.05) is 11.6 Å². The Morgan fingerprint density at radius 3 is 2.77 bits per heavy atom. The van der Waals surface area contributed by atoms with Gasteiger partial charge in [-0.2, -0.15) is 0 Å². The highest BCUT2D eigenvalue weighted by Crippen LogP contribution is 2.39. The first-order valence-corrected chi connectivity index (χ1v) is 6.51. The number of hydrogen-bond acceptors (Lipinski definition) is 5. The Balaban J connectivity index is 2.21. The molecule has 0 aliphatic rings. The van der Waals surface area contributed by atoms with E-state index in [-0.39, 0.29) is 5.75 Å². The molecule has 0 amide bonds. The molecule has 112 valence electrons. The lowest BCUT2D eigenvalue weighted by atomic mass is 10.1. The first-order chi connectivity index (χ1) is 10.5. The molecule has 2 N–H and O–H groups in total. The van der Waals surface area contributed by atoms with Crippen LogP contribution in [-0.2, 0) is 0 Å². The van der Waals surface area contributed by atoms with Crippen LogP contribution >= 0.6 is 0 Å². The minimum absolute atomic E-state index is 0.0286. The molecule has 0 saturated heterocycles. The van der Waals surface area contributed by atoms with Gasteiger partial charge in [-0.1, -0.05) is 6.07 Å². The number of rotatable bonds is 3. The first kappa shape index (κ1) is 13.9. The molecule has 2 aromatic carbocycles. The molecule has 0 saturated carbocycles. The summed E-state index contributed by atoms with van der Waals surface area (Å²) in [6, 6.07) is 8.52. The summed E-state index contributed by atoms with van der Waals surface area (Å²) in [5.41, 5.74) is 2.72. The van der Waals surface area contributed by atoms with Gasteiger partial charge in [0.2, 0.25) is 5.75 Å². The molecule has 7 heteroatoms. The van der Waals surface area contributed by atoms with E-state index in [1.165, 1.54) is 19.2 Å². The summed E-state index contributed by atoms with van der Waals surface area (Å²) in [5, 5.41) is 20.9. The number of nitro benzene ring substituents is 1. The normalized spacial score (nSPS) is 10.8. The van der Waals surface area contributed by atoms with Crippen LogP contribution in [0.5, 0.6) is 11.5 Å². The number of aryl methyl sites for hydroxylation is 1. The number of nitrogens with zero attached hydrogens (tertiary/aromatic N) is 2. The number of imidazole rings is 1. The van der Waals surface area contributed by atoms with Crippen molar-refractivity contribution in [3.8, 4) is 22.9 Å². The molecular weight excluding hydrogens is 286 g/mol. The van der Waals surface area contributed by atoms with Crippen molar-refractivity contribution in [1.82, 2.24) is 9.97 Å². The van der Waals surface area contributed by atoms with Gasteiger partial charge in [-0.25, -0.2) is 4.98 Å². The number of methoxy groups -OCH3 is 1. The van der Waals surface area contributed by atoms with Gasteiger partial charge in [0.1, 0.15) is 5.82 Å². The molecular formula is C15H13N3O4. The van der Waals surface area contributed by atoms with Crippen molar-refractivity contribution in [2.75, 3.05) is 7.11 Å². The van der Waals surface area contributed by atoms with Gasteiger partial charge in [-0.05, 0) is 30.7 Å². The third-order valence-electron chi connectivity index (χ3n) is 3.38. The molecule has 3 rings (SSSR count). The summed E-state index contributed by atoms with van der Waals surface area (Å²) in [6.45, 7) is 1.97. The van der Waals surface area contributed by atoms with Crippen molar-refractivity contribution >= 4 is 16.7 Å². The zero-order valence-electron chi connectivity index (χ0n) is 12.0. The number of nitro groups is 1. The van der Waals surface area contributed by atoms with Crippen molar-refractivity contribution in [3.63, 3.8) is 0 Å². The van der Waals surface area contributed by atoms with E-state index in [1.807, 2.05) is 25.1 Å². The average Bonchev–Trinajstić information content (AvgIpc) is 2.90. The Bertz CT molecular complexity index is 886. The molecule has 0 bridgehead atoms. The van der Waals surface area contributed by atoms with E-state index in [0.717, 1.165) is 16.6 Å². The van der Waals surface area contributed by atoms with Crippen molar-refractivity contribution in [2.45, 2.75) is 6.92 Å². The number of H-pyrrole nitrogens is 1. The molecule has 7 nitrogen and oxygen atoms in total. The predicted molar refractivity (Wildman–Crippen MR) is 81.1 cm³/mol. The quantitative estimate of drug-likeness (QED) is 0.571. The molecule has 0 fully saturated rings. The fourth-order valence-electron chi connectivity index (χ4n) is 2.28. The fraction of sp³-hybridized carbons (Fsp3) is 0.133. The van der Waals surface area contributed by atoms with Gasteiger partial charge in [-0.3, -0.25) is 10.1 Å². The van der Waals surface area contributed by atoms with E-state index in [1.54, 1.807) is 0 Å². The number of aromatic hydroxyl groups is 1. The van der Waals surface area contributed by atoms with Crippen LogP contribution in [0.2, 0.25) is 0 Å². The van der Waals surface area contributed by atoms with E-state index in [0.29, 0.717) is 11.4 Å². The molecule has 0 aliphatic carbocycles. The largest absolute Gasteiger partial charge is 0.500 e. The average molecular weight is 299 g/mol. The SMILES string of the molecule is COc1cc(-c2nc3ccc(C)cc3[nH]2)cc([N+](=O)[O-])c1O. The van der Waals surface area contributed by atoms with Crippen molar-refractivity contribution in [1.29, 1.82) is 0 Å². The number of hydrogen-bond donors (Lipinski definition) is 2. The van der Waals surface area contributed by atoms with E-state index < -0.39 is 16.4 Å². The summed E-state index contributed by atoms with van der Waals surface area (Å²) >= 11 is 0. The molecule has 1 aromatic heterocycles. The van der Waals surface area contributed by atoms with Crippen LogP contribution in [0.1, 0.15) is 5.56 Å². The molecule has 0 unspecified atom stereocenters. The Labute approximate surface area is 125 Å². The van der Waals surface area contributed by atoms with Crippen LogP contribution in [-0.4, -0.2) is 27.1 Å². The number of aromatic amines is 1. The molecule has 22 heavy (non-hydrogen) atoms. The third kappa shape index (κ3) is 2.22. The van der Waals surface area contributed by atoms with Gasteiger partial charge >= 0.3 is 5.69 Å². The van der Waals surface area contributed by atoms with Gasteiger partial charge in [0.15, 0.2) is 5.75 Å². The maximum absolute atomic E-state index is 11.0. The second kappa shape index (κ2) is 5.03. The number of phenolic OH excluding ortho intramolecular Hbond substituents is 1. The zero-order chi connectivity index (χ0) is 15.9. The molecule has 1 heterocycles. The Kier molecular flexibility index (Phi) is 3.17. The maximum atomic E-state index is 11.0. The Hall–Kier alpha value is -3.09. The minimum atomic E-state index is -0.659.